The van der Waals surface area contributed by atoms with Gasteiger partial charge >= 0.3 is 0 Å². The van der Waals surface area contributed by atoms with Gasteiger partial charge in [-0.25, -0.2) is 0 Å². The number of nitrogens with one attached hydrogen (secondary N) is 1. The summed E-state index contributed by atoms with van der Waals surface area (Å²) in [6.45, 7) is 0. The molecule has 3 rings (SSSR count). The van der Waals surface area contributed by atoms with E-state index in [1.54, 1.807) is 12.1 Å². The first-order valence-electron chi connectivity index (χ1n) is 5.27. The molecule has 0 saturated heterocycles. The number of hydrogen-bond donors (Lipinski definition) is 1. The summed E-state index contributed by atoms with van der Waals surface area (Å²) < 4.78 is 0. The standard InChI is InChI=1S/C12H6Cl2N2O2S/c13-6-1-2-11-8(3-6)15-9-4-7(14)10(16(17)18)5-12(9)19-11/h1-5,15H. The zero-order valence-corrected chi connectivity index (χ0v) is 11.6. The van der Waals surface area contributed by atoms with Gasteiger partial charge in [-0.05, 0) is 24.3 Å². The summed E-state index contributed by atoms with van der Waals surface area (Å²) in [7, 11) is 0. The van der Waals surface area contributed by atoms with Gasteiger partial charge in [0.2, 0.25) is 0 Å². The quantitative estimate of drug-likeness (QED) is 0.501. The van der Waals surface area contributed by atoms with Gasteiger partial charge in [0.15, 0.2) is 0 Å². The number of fused-ring (bicyclic) bond motifs is 2. The van der Waals surface area contributed by atoms with Crippen molar-refractivity contribution in [1.82, 2.24) is 0 Å². The van der Waals surface area contributed by atoms with E-state index >= 15 is 0 Å². The van der Waals surface area contributed by atoms with Crippen LogP contribution in [0.2, 0.25) is 10.0 Å². The average Bonchev–Trinajstić information content (AvgIpc) is 2.35. The predicted octanol–water partition coefficient (Wildman–Crippen LogP) is 5.11. The molecule has 0 spiro atoms. The zero-order valence-electron chi connectivity index (χ0n) is 9.31. The SMILES string of the molecule is O=[N+]([O-])c1cc2c(cc1Cl)Nc1cc(Cl)ccc1S2. The molecule has 0 saturated carbocycles. The molecule has 7 heteroatoms. The summed E-state index contributed by atoms with van der Waals surface area (Å²) in [6, 6.07) is 8.50. The zero-order chi connectivity index (χ0) is 13.6. The first-order valence-corrected chi connectivity index (χ1v) is 6.84. The van der Waals surface area contributed by atoms with E-state index in [4.69, 9.17) is 23.2 Å². The molecule has 0 aromatic heterocycles. The van der Waals surface area contributed by atoms with E-state index in [0.717, 1.165) is 21.2 Å². The Kier molecular flexibility index (Phi) is 3.05. The molecule has 2 aromatic carbocycles. The van der Waals surface area contributed by atoms with Crippen LogP contribution in [0.5, 0.6) is 0 Å². The predicted molar refractivity (Wildman–Crippen MR) is 77.0 cm³/mol. The van der Waals surface area contributed by atoms with Crippen molar-refractivity contribution in [2.75, 3.05) is 5.32 Å². The van der Waals surface area contributed by atoms with Crippen molar-refractivity contribution >= 4 is 52.0 Å². The summed E-state index contributed by atoms with van der Waals surface area (Å²) in [5.41, 5.74) is 1.53. The Bertz CT molecular complexity index is 706. The van der Waals surface area contributed by atoms with Gasteiger partial charge in [-0.1, -0.05) is 35.0 Å². The second-order valence-corrected chi connectivity index (χ2v) is 5.85. The van der Waals surface area contributed by atoms with E-state index < -0.39 is 4.92 Å². The van der Waals surface area contributed by atoms with Crippen molar-refractivity contribution in [2.24, 2.45) is 0 Å². The van der Waals surface area contributed by atoms with E-state index in [-0.39, 0.29) is 10.7 Å². The average molecular weight is 313 g/mol. The molecule has 4 nitrogen and oxygen atoms in total. The van der Waals surface area contributed by atoms with E-state index in [2.05, 4.69) is 5.32 Å². The van der Waals surface area contributed by atoms with Crippen LogP contribution in [0.15, 0.2) is 40.1 Å². The van der Waals surface area contributed by atoms with Crippen molar-refractivity contribution in [2.45, 2.75) is 9.79 Å². The summed E-state index contributed by atoms with van der Waals surface area (Å²) >= 11 is 13.3. The fourth-order valence-electron chi connectivity index (χ4n) is 1.82. The lowest BCUT2D eigenvalue weighted by Crippen LogP contribution is -2.01. The van der Waals surface area contributed by atoms with Crippen LogP contribution in [0.3, 0.4) is 0 Å². The highest BCUT2D eigenvalue weighted by atomic mass is 35.5. The maximum Gasteiger partial charge on any atom is 0.289 e. The van der Waals surface area contributed by atoms with Gasteiger partial charge in [0.1, 0.15) is 5.02 Å². The van der Waals surface area contributed by atoms with Gasteiger partial charge in [-0.3, -0.25) is 10.1 Å². The molecule has 0 aliphatic carbocycles. The highest BCUT2D eigenvalue weighted by Gasteiger charge is 2.22. The van der Waals surface area contributed by atoms with Crippen molar-refractivity contribution in [3.8, 4) is 0 Å². The number of hydrogen-bond acceptors (Lipinski definition) is 4. The van der Waals surface area contributed by atoms with Gasteiger partial charge in [0.05, 0.1) is 16.3 Å². The van der Waals surface area contributed by atoms with Crippen molar-refractivity contribution < 1.29 is 4.92 Å². The lowest BCUT2D eigenvalue weighted by Gasteiger charge is -2.20. The number of nitrogens with zero attached hydrogens (tertiary/aromatic N) is 1. The van der Waals surface area contributed by atoms with E-state index in [1.807, 2.05) is 12.1 Å². The van der Waals surface area contributed by atoms with E-state index in [1.165, 1.54) is 17.8 Å². The van der Waals surface area contributed by atoms with Gasteiger partial charge in [-0.2, -0.15) is 0 Å². The lowest BCUT2D eigenvalue weighted by atomic mass is 10.2. The van der Waals surface area contributed by atoms with Gasteiger partial charge in [0.25, 0.3) is 5.69 Å². The Hall–Kier alpha value is -1.43. The second-order valence-electron chi connectivity index (χ2n) is 3.92. The molecule has 0 fully saturated rings. The highest BCUT2D eigenvalue weighted by molar-refractivity contribution is 7.99. The molecule has 0 amide bonds. The minimum Gasteiger partial charge on any atom is -0.354 e. The van der Waals surface area contributed by atoms with Crippen LogP contribution in [-0.4, -0.2) is 4.92 Å². The third kappa shape index (κ3) is 2.25. The monoisotopic (exact) mass is 312 g/mol. The summed E-state index contributed by atoms with van der Waals surface area (Å²) in [5.74, 6) is 0. The molecule has 1 aliphatic rings. The molecule has 1 heterocycles. The minimum atomic E-state index is -0.486. The number of rotatable bonds is 1. The fraction of sp³-hybridized carbons (Fsp3) is 0. The number of nitro benzene ring substituents is 1. The smallest absolute Gasteiger partial charge is 0.289 e. The number of nitro groups is 1. The largest absolute Gasteiger partial charge is 0.354 e. The molecule has 19 heavy (non-hydrogen) atoms. The molecule has 0 atom stereocenters. The van der Waals surface area contributed by atoms with Gasteiger partial charge in [-0.15, -0.1) is 0 Å². The summed E-state index contributed by atoms with van der Waals surface area (Å²) in [4.78, 5) is 12.1. The Balaban J connectivity index is 2.10. The Morgan fingerprint density at radius 1 is 1.11 bits per heavy atom. The van der Waals surface area contributed by atoms with Crippen LogP contribution in [-0.2, 0) is 0 Å². The van der Waals surface area contributed by atoms with Crippen molar-refractivity contribution in [1.29, 1.82) is 0 Å². The molecule has 96 valence electrons. The van der Waals surface area contributed by atoms with E-state index in [0.29, 0.717) is 5.02 Å². The Morgan fingerprint density at radius 2 is 1.84 bits per heavy atom. The highest BCUT2D eigenvalue weighted by Crippen LogP contribution is 2.47. The first kappa shape index (κ1) is 12.6. The third-order valence-electron chi connectivity index (χ3n) is 2.68. The molecule has 1 N–H and O–H groups in total. The van der Waals surface area contributed by atoms with Crippen molar-refractivity contribution in [3.05, 3.63) is 50.5 Å². The molecule has 0 radical (unpaired) electrons. The Labute approximate surface area is 122 Å². The number of anilines is 2. The number of halogens is 2. The van der Waals surface area contributed by atoms with Crippen molar-refractivity contribution in [3.63, 3.8) is 0 Å². The fourth-order valence-corrected chi connectivity index (χ4v) is 3.21. The Morgan fingerprint density at radius 3 is 2.58 bits per heavy atom. The molecular formula is C12H6Cl2N2O2S. The molecular weight excluding hydrogens is 307 g/mol. The third-order valence-corrected chi connectivity index (χ3v) is 4.35. The van der Waals surface area contributed by atoms with Crippen LogP contribution >= 0.6 is 35.0 Å². The van der Waals surface area contributed by atoms with E-state index in [9.17, 15) is 10.1 Å². The second kappa shape index (κ2) is 4.59. The maximum atomic E-state index is 10.9. The lowest BCUT2D eigenvalue weighted by molar-refractivity contribution is -0.384. The van der Waals surface area contributed by atoms with Crippen LogP contribution in [0, 0.1) is 10.1 Å². The molecule has 2 aromatic rings. The summed E-state index contributed by atoms with van der Waals surface area (Å²) in [5, 5.41) is 14.8. The molecule has 0 unspecified atom stereocenters. The van der Waals surface area contributed by atoms with Crippen LogP contribution in [0.25, 0.3) is 0 Å². The van der Waals surface area contributed by atoms with Gasteiger partial charge in [0, 0.05) is 20.9 Å². The topological polar surface area (TPSA) is 55.2 Å². The molecule has 0 bridgehead atoms. The number of benzene rings is 2. The normalized spacial score (nSPS) is 12.3. The summed E-state index contributed by atoms with van der Waals surface area (Å²) in [6.07, 6.45) is 0. The van der Waals surface area contributed by atoms with Crippen LogP contribution in [0.4, 0.5) is 17.1 Å². The minimum absolute atomic E-state index is 0.0906. The van der Waals surface area contributed by atoms with Crippen LogP contribution in [0.1, 0.15) is 0 Å². The van der Waals surface area contributed by atoms with Gasteiger partial charge < -0.3 is 5.32 Å². The van der Waals surface area contributed by atoms with Crippen LogP contribution < -0.4 is 5.32 Å². The first-order chi connectivity index (χ1) is 9.04. The molecule has 1 aliphatic heterocycles. The maximum absolute atomic E-state index is 10.9.